The minimum Gasteiger partial charge on any atom is -0.478 e. The van der Waals surface area contributed by atoms with E-state index in [0.29, 0.717) is 22.9 Å². The second-order valence-corrected chi connectivity index (χ2v) is 4.02. The van der Waals surface area contributed by atoms with Crippen LogP contribution in [0.3, 0.4) is 0 Å². The number of anilines is 1. The van der Waals surface area contributed by atoms with Crippen molar-refractivity contribution in [1.82, 2.24) is 14.6 Å². The number of nitrogen functional groups attached to an aromatic ring is 1. The summed E-state index contributed by atoms with van der Waals surface area (Å²) in [4.78, 5) is 11.2. The highest BCUT2D eigenvalue weighted by atomic mass is 16.4. The molecule has 2 heterocycles. The van der Waals surface area contributed by atoms with Crippen molar-refractivity contribution in [3.63, 3.8) is 0 Å². The molecule has 3 aromatic rings. The maximum atomic E-state index is 11.2. The van der Waals surface area contributed by atoms with E-state index in [4.69, 9.17) is 5.73 Å². The number of aromatic nitrogens is 3. The Balaban J connectivity index is 2.34. The van der Waals surface area contributed by atoms with E-state index in [1.165, 1.54) is 6.07 Å². The minimum atomic E-state index is -1.01. The Morgan fingerprint density at radius 2 is 1.89 bits per heavy atom. The molecule has 0 aliphatic rings. The number of hydrogen-bond donors (Lipinski definition) is 2. The lowest BCUT2D eigenvalue weighted by atomic mass is 10.1. The lowest BCUT2D eigenvalue weighted by Crippen LogP contribution is -2.03. The van der Waals surface area contributed by atoms with Gasteiger partial charge in [-0.3, -0.25) is 4.40 Å². The van der Waals surface area contributed by atoms with E-state index in [-0.39, 0.29) is 5.56 Å². The van der Waals surface area contributed by atoms with Crippen molar-refractivity contribution in [2.45, 2.75) is 0 Å². The lowest BCUT2D eigenvalue weighted by molar-refractivity contribution is 0.0697. The minimum absolute atomic E-state index is 0.167. The van der Waals surface area contributed by atoms with Gasteiger partial charge in [0.05, 0.1) is 5.56 Å². The Morgan fingerprint density at radius 1 is 1.11 bits per heavy atom. The summed E-state index contributed by atoms with van der Waals surface area (Å²) in [5.74, 6) is -0.134. The quantitative estimate of drug-likeness (QED) is 0.725. The van der Waals surface area contributed by atoms with Gasteiger partial charge in [0, 0.05) is 5.56 Å². The van der Waals surface area contributed by atoms with Gasteiger partial charge >= 0.3 is 5.97 Å². The molecule has 0 amide bonds. The number of nitrogens with two attached hydrogens (primary N) is 1. The predicted molar refractivity (Wildman–Crippen MR) is 69.8 cm³/mol. The molecule has 19 heavy (non-hydrogen) atoms. The van der Waals surface area contributed by atoms with Gasteiger partial charge in [-0.2, -0.15) is 0 Å². The summed E-state index contributed by atoms with van der Waals surface area (Å²) >= 11 is 0. The van der Waals surface area contributed by atoms with Crippen LogP contribution in [0.1, 0.15) is 10.4 Å². The number of pyridine rings is 1. The number of rotatable bonds is 2. The van der Waals surface area contributed by atoms with Crippen molar-refractivity contribution in [3.8, 4) is 11.4 Å². The van der Waals surface area contributed by atoms with Crippen molar-refractivity contribution < 1.29 is 9.90 Å². The van der Waals surface area contributed by atoms with Crippen molar-refractivity contribution in [3.05, 3.63) is 48.0 Å². The van der Waals surface area contributed by atoms with E-state index < -0.39 is 5.97 Å². The van der Waals surface area contributed by atoms with Crippen molar-refractivity contribution in [1.29, 1.82) is 0 Å². The molecule has 0 radical (unpaired) electrons. The number of aromatic carboxylic acids is 1. The van der Waals surface area contributed by atoms with Gasteiger partial charge in [0.2, 0.25) is 0 Å². The highest BCUT2D eigenvalue weighted by Gasteiger charge is 2.16. The van der Waals surface area contributed by atoms with Crippen LogP contribution in [-0.4, -0.2) is 25.7 Å². The van der Waals surface area contributed by atoms with Crippen molar-refractivity contribution >= 4 is 17.4 Å². The summed E-state index contributed by atoms with van der Waals surface area (Å²) in [5.41, 5.74) is 7.13. The van der Waals surface area contributed by atoms with E-state index in [9.17, 15) is 9.90 Å². The van der Waals surface area contributed by atoms with E-state index in [0.717, 1.165) is 0 Å². The average Bonchev–Trinajstić information content (AvgIpc) is 2.84. The standard InChI is InChI=1S/C13H10N4O2/c14-10-6-3-7-11-15-16-12(17(10)11)8-4-1-2-5-9(8)13(18)19/h1-7H,14H2,(H,18,19). The van der Waals surface area contributed by atoms with Crippen LogP contribution >= 0.6 is 0 Å². The molecule has 0 aliphatic carbocycles. The topological polar surface area (TPSA) is 93.5 Å². The zero-order chi connectivity index (χ0) is 13.4. The van der Waals surface area contributed by atoms with Crippen LogP contribution in [0.5, 0.6) is 0 Å². The van der Waals surface area contributed by atoms with E-state index >= 15 is 0 Å². The highest BCUT2D eigenvalue weighted by molar-refractivity contribution is 5.95. The Hall–Kier alpha value is -2.89. The smallest absolute Gasteiger partial charge is 0.336 e. The first kappa shape index (κ1) is 11.2. The van der Waals surface area contributed by atoms with Crippen LogP contribution in [0, 0.1) is 0 Å². The summed E-state index contributed by atoms with van der Waals surface area (Å²) in [6.07, 6.45) is 0. The third-order valence-corrected chi connectivity index (χ3v) is 2.86. The molecule has 0 saturated carbocycles. The number of carbonyl (C=O) groups is 1. The normalized spacial score (nSPS) is 10.7. The molecule has 94 valence electrons. The second kappa shape index (κ2) is 4.09. The van der Waals surface area contributed by atoms with Gasteiger partial charge in [-0.15, -0.1) is 10.2 Å². The van der Waals surface area contributed by atoms with Gasteiger partial charge in [-0.25, -0.2) is 4.79 Å². The fraction of sp³-hybridized carbons (Fsp3) is 0. The molecule has 6 nitrogen and oxygen atoms in total. The molecular weight excluding hydrogens is 244 g/mol. The van der Waals surface area contributed by atoms with Crippen LogP contribution in [0.2, 0.25) is 0 Å². The van der Waals surface area contributed by atoms with E-state index in [1.807, 2.05) is 0 Å². The fourth-order valence-corrected chi connectivity index (χ4v) is 2.01. The molecule has 0 fully saturated rings. The Kier molecular flexibility index (Phi) is 2.42. The predicted octanol–water partition coefficient (Wildman–Crippen LogP) is 1.68. The third-order valence-electron chi connectivity index (χ3n) is 2.86. The van der Waals surface area contributed by atoms with Gasteiger partial charge in [0.15, 0.2) is 11.5 Å². The molecule has 0 bridgehead atoms. The Labute approximate surface area is 108 Å². The third kappa shape index (κ3) is 1.70. The molecule has 0 spiro atoms. The first-order valence-corrected chi connectivity index (χ1v) is 5.61. The molecule has 2 aromatic heterocycles. The molecule has 6 heteroatoms. The SMILES string of the molecule is Nc1cccc2nnc(-c3ccccc3C(=O)O)n12. The zero-order valence-corrected chi connectivity index (χ0v) is 9.82. The van der Waals surface area contributed by atoms with Gasteiger partial charge in [0.25, 0.3) is 0 Å². The Bertz CT molecular complexity index is 779. The molecular formula is C13H10N4O2. The number of fused-ring (bicyclic) bond motifs is 1. The van der Waals surface area contributed by atoms with Crippen LogP contribution in [0.25, 0.3) is 17.0 Å². The summed E-state index contributed by atoms with van der Waals surface area (Å²) in [6, 6.07) is 11.9. The number of carboxylic acid groups (broad SMARTS) is 1. The van der Waals surface area contributed by atoms with Crippen LogP contribution in [-0.2, 0) is 0 Å². The van der Waals surface area contributed by atoms with E-state index in [1.54, 1.807) is 40.8 Å². The van der Waals surface area contributed by atoms with Crippen LogP contribution in [0.4, 0.5) is 5.82 Å². The lowest BCUT2D eigenvalue weighted by Gasteiger charge is -2.06. The first-order valence-electron chi connectivity index (χ1n) is 5.61. The summed E-state index contributed by atoms with van der Waals surface area (Å²) in [7, 11) is 0. The largest absolute Gasteiger partial charge is 0.478 e. The monoisotopic (exact) mass is 254 g/mol. The number of nitrogens with zero attached hydrogens (tertiary/aromatic N) is 3. The van der Waals surface area contributed by atoms with Crippen LogP contribution < -0.4 is 5.73 Å². The molecule has 1 aromatic carbocycles. The average molecular weight is 254 g/mol. The fourth-order valence-electron chi connectivity index (χ4n) is 2.01. The first-order chi connectivity index (χ1) is 9.18. The van der Waals surface area contributed by atoms with Gasteiger partial charge in [0.1, 0.15) is 5.82 Å². The Morgan fingerprint density at radius 3 is 2.68 bits per heavy atom. The summed E-state index contributed by atoms with van der Waals surface area (Å²) in [5, 5.41) is 17.3. The molecule has 0 atom stereocenters. The highest BCUT2D eigenvalue weighted by Crippen LogP contribution is 2.24. The molecule has 0 unspecified atom stereocenters. The number of carboxylic acids is 1. The molecule has 3 rings (SSSR count). The molecule has 3 N–H and O–H groups in total. The second-order valence-electron chi connectivity index (χ2n) is 4.02. The summed E-state index contributed by atoms with van der Waals surface area (Å²) in [6.45, 7) is 0. The number of benzene rings is 1. The molecule has 0 aliphatic heterocycles. The van der Waals surface area contributed by atoms with E-state index in [2.05, 4.69) is 10.2 Å². The van der Waals surface area contributed by atoms with Crippen molar-refractivity contribution in [2.75, 3.05) is 5.73 Å². The summed E-state index contributed by atoms with van der Waals surface area (Å²) < 4.78 is 1.63. The zero-order valence-electron chi connectivity index (χ0n) is 9.82. The van der Waals surface area contributed by atoms with Crippen molar-refractivity contribution in [2.24, 2.45) is 0 Å². The van der Waals surface area contributed by atoms with Gasteiger partial charge in [-0.1, -0.05) is 24.3 Å². The number of hydrogen-bond acceptors (Lipinski definition) is 4. The maximum Gasteiger partial charge on any atom is 0.336 e. The van der Waals surface area contributed by atoms with Crippen LogP contribution in [0.15, 0.2) is 42.5 Å². The van der Waals surface area contributed by atoms with Gasteiger partial charge in [-0.05, 0) is 18.2 Å². The maximum absolute atomic E-state index is 11.2. The van der Waals surface area contributed by atoms with Gasteiger partial charge < -0.3 is 10.8 Å². The molecule has 0 saturated heterocycles.